The van der Waals surface area contributed by atoms with Gasteiger partial charge in [0.05, 0.1) is 18.6 Å². The molecule has 0 aliphatic heterocycles. The van der Waals surface area contributed by atoms with Crippen LogP contribution in [0.1, 0.15) is 5.56 Å². The van der Waals surface area contributed by atoms with Gasteiger partial charge in [0.25, 0.3) is 6.01 Å². The molecule has 0 spiro atoms. The maximum absolute atomic E-state index is 13.0. The average Bonchev–Trinajstić information content (AvgIpc) is 3.33. The normalized spacial score (nSPS) is 12.3. The van der Waals surface area contributed by atoms with Gasteiger partial charge in [0.1, 0.15) is 17.9 Å². The third kappa shape index (κ3) is 5.63. The van der Waals surface area contributed by atoms with Crippen molar-refractivity contribution in [1.82, 2.24) is 4.98 Å². The Bertz CT molecular complexity index is 1350. The zero-order valence-electron chi connectivity index (χ0n) is 19.5. The van der Waals surface area contributed by atoms with E-state index in [1.807, 2.05) is 36.2 Å². The van der Waals surface area contributed by atoms with E-state index < -0.39 is 21.1 Å². The molecule has 0 amide bonds. The number of esters is 1. The first kappa shape index (κ1) is 24.3. The second-order valence-electron chi connectivity index (χ2n) is 7.95. The maximum atomic E-state index is 13.0. The zero-order valence-corrected chi connectivity index (χ0v) is 20.3. The van der Waals surface area contributed by atoms with E-state index in [9.17, 15) is 13.2 Å². The summed E-state index contributed by atoms with van der Waals surface area (Å²) in [6.45, 7) is 0.941. The summed E-state index contributed by atoms with van der Waals surface area (Å²) in [4.78, 5) is 18.7. The summed E-state index contributed by atoms with van der Waals surface area (Å²) < 4.78 is 42.4. The molecule has 4 aromatic rings. The van der Waals surface area contributed by atoms with E-state index in [1.54, 1.807) is 42.5 Å². The quantitative estimate of drug-likeness (QED) is 0.306. The van der Waals surface area contributed by atoms with E-state index in [-0.39, 0.29) is 11.3 Å². The Morgan fingerprint density at radius 3 is 2.37 bits per heavy atom. The minimum atomic E-state index is -3.91. The first-order chi connectivity index (χ1) is 16.9. The zero-order chi connectivity index (χ0) is 24.8. The second kappa shape index (κ2) is 10.6. The summed E-state index contributed by atoms with van der Waals surface area (Å²) in [5.74, 6) is -0.170. The molecule has 35 heavy (non-hydrogen) atoms. The van der Waals surface area contributed by atoms with Gasteiger partial charge in [-0.1, -0.05) is 42.5 Å². The number of ether oxygens (including phenoxy) is 2. The van der Waals surface area contributed by atoms with Crippen LogP contribution in [0.25, 0.3) is 11.1 Å². The Balaban J connectivity index is 1.37. The van der Waals surface area contributed by atoms with Crippen molar-refractivity contribution in [3.05, 3.63) is 84.4 Å². The number of anilines is 1. The van der Waals surface area contributed by atoms with Gasteiger partial charge in [-0.05, 0) is 42.0 Å². The smallest absolute Gasteiger partial charge is 0.324 e. The van der Waals surface area contributed by atoms with Crippen molar-refractivity contribution in [2.24, 2.45) is 0 Å². The molecule has 1 heterocycles. The van der Waals surface area contributed by atoms with E-state index >= 15 is 0 Å². The fourth-order valence-corrected chi connectivity index (χ4v) is 5.21. The van der Waals surface area contributed by atoms with Crippen LogP contribution in [-0.4, -0.2) is 51.9 Å². The van der Waals surface area contributed by atoms with Gasteiger partial charge in [-0.3, -0.25) is 4.79 Å². The highest BCUT2D eigenvalue weighted by Crippen LogP contribution is 2.23. The maximum Gasteiger partial charge on any atom is 0.324 e. The molecular weight excluding hydrogens is 468 g/mol. The third-order valence-electron chi connectivity index (χ3n) is 5.56. The number of carbonyl (C=O) groups excluding carboxylic acids is 1. The molecular formula is C26H26N2O6S. The number of benzene rings is 3. The van der Waals surface area contributed by atoms with E-state index in [1.165, 1.54) is 19.2 Å². The number of hydrogen-bond acceptors (Lipinski definition) is 8. The summed E-state index contributed by atoms with van der Waals surface area (Å²) in [6.07, 6.45) is -0.00928. The Morgan fingerprint density at radius 2 is 1.69 bits per heavy atom. The number of fused-ring (bicyclic) bond motifs is 1. The Labute approximate surface area is 204 Å². The number of hydrogen-bond donors (Lipinski definition) is 0. The van der Waals surface area contributed by atoms with Crippen molar-refractivity contribution >= 4 is 32.9 Å². The molecule has 0 aliphatic carbocycles. The molecule has 0 aliphatic rings. The number of aromatic nitrogens is 1. The molecule has 1 aromatic heterocycles. The Morgan fingerprint density at radius 1 is 1.00 bits per heavy atom. The molecule has 3 aromatic carbocycles. The van der Waals surface area contributed by atoms with Crippen molar-refractivity contribution in [1.29, 1.82) is 0 Å². The monoisotopic (exact) mass is 494 g/mol. The molecule has 9 heteroatoms. The van der Waals surface area contributed by atoms with Gasteiger partial charge in [-0.25, -0.2) is 8.42 Å². The fourth-order valence-electron chi connectivity index (χ4n) is 3.58. The first-order valence-electron chi connectivity index (χ1n) is 11.0. The van der Waals surface area contributed by atoms with Crippen molar-refractivity contribution in [3.8, 4) is 5.75 Å². The highest BCUT2D eigenvalue weighted by atomic mass is 32.2. The molecule has 0 N–H and O–H groups in total. The van der Waals surface area contributed by atoms with Crippen molar-refractivity contribution < 1.29 is 27.1 Å². The number of nitrogens with zero attached hydrogens (tertiary/aromatic N) is 2. The molecule has 0 fully saturated rings. The van der Waals surface area contributed by atoms with Crippen molar-refractivity contribution in [3.63, 3.8) is 0 Å². The number of rotatable bonds is 10. The largest absolute Gasteiger partial charge is 0.492 e. The van der Waals surface area contributed by atoms with Gasteiger partial charge in [0.15, 0.2) is 20.7 Å². The molecule has 182 valence electrons. The van der Waals surface area contributed by atoms with E-state index in [2.05, 4.69) is 4.98 Å². The minimum Gasteiger partial charge on any atom is -0.492 e. The van der Waals surface area contributed by atoms with Gasteiger partial charge >= 0.3 is 5.97 Å². The number of para-hydroxylation sites is 2. The van der Waals surface area contributed by atoms with E-state index in [0.717, 1.165) is 11.1 Å². The molecule has 8 nitrogen and oxygen atoms in total. The standard InChI is InChI=1S/C26H26N2O6S/c1-28(26-27-22-10-6-7-11-23(22)34-26)16-17-33-20-14-12-19(13-15-20)18-24(25(29)32-2)35(30,31)21-8-4-3-5-9-21/h3-15,24H,16-18H2,1-2H3. The van der Waals surface area contributed by atoms with Crippen LogP contribution in [0.15, 0.2) is 88.2 Å². The minimum absolute atomic E-state index is 0.00928. The van der Waals surface area contributed by atoms with Gasteiger partial charge in [0, 0.05) is 13.5 Å². The summed E-state index contributed by atoms with van der Waals surface area (Å²) >= 11 is 0. The lowest BCUT2D eigenvalue weighted by Gasteiger charge is -2.17. The molecule has 0 bridgehead atoms. The van der Waals surface area contributed by atoms with E-state index in [0.29, 0.717) is 30.5 Å². The highest BCUT2D eigenvalue weighted by molar-refractivity contribution is 7.92. The molecule has 0 saturated carbocycles. The van der Waals surface area contributed by atoms with Crippen molar-refractivity contribution in [2.75, 3.05) is 32.2 Å². The number of oxazole rings is 1. The lowest BCUT2D eigenvalue weighted by atomic mass is 10.1. The van der Waals surface area contributed by atoms with Crippen molar-refractivity contribution in [2.45, 2.75) is 16.6 Å². The van der Waals surface area contributed by atoms with Crippen LogP contribution in [0.4, 0.5) is 6.01 Å². The molecule has 0 saturated heterocycles. The predicted octanol–water partition coefficient (Wildman–Crippen LogP) is 3.90. The summed E-state index contributed by atoms with van der Waals surface area (Å²) in [5, 5.41) is -1.34. The number of sulfone groups is 1. The Hall–Kier alpha value is -3.85. The SMILES string of the molecule is COC(=O)C(Cc1ccc(OCCN(C)c2nc3ccccc3o2)cc1)S(=O)(=O)c1ccccc1. The predicted molar refractivity (Wildman–Crippen MR) is 132 cm³/mol. The molecule has 1 atom stereocenters. The summed E-state index contributed by atoms with van der Waals surface area (Å²) in [5.41, 5.74) is 2.20. The van der Waals surface area contributed by atoms with E-state index in [4.69, 9.17) is 13.9 Å². The van der Waals surface area contributed by atoms with Gasteiger partial charge in [-0.15, -0.1) is 0 Å². The number of carbonyl (C=O) groups is 1. The highest BCUT2D eigenvalue weighted by Gasteiger charge is 2.35. The van der Waals surface area contributed by atoms with Crippen LogP contribution < -0.4 is 9.64 Å². The third-order valence-corrected chi connectivity index (χ3v) is 7.60. The van der Waals surface area contributed by atoms with Crippen LogP contribution in [0.2, 0.25) is 0 Å². The molecule has 1 unspecified atom stereocenters. The summed E-state index contributed by atoms with van der Waals surface area (Å²) in [6, 6.07) is 23.0. The Kier molecular flexibility index (Phi) is 7.36. The van der Waals surface area contributed by atoms with Crippen LogP contribution in [0.3, 0.4) is 0 Å². The lowest BCUT2D eigenvalue weighted by Crippen LogP contribution is -2.33. The second-order valence-corrected chi connectivity index (χ2v) is 10.1. The van der Waals surface area contributed by atoms with Gasteiger partial charge in [-0.2, -0.15) is 4.98 Å². The van der Waals surface area contributed by atoms with Crippen LogP contribution in [0, 0.1) is 0 Å². The van der Waals surface area contributed by atoms with Gasteiger partial charge < -0.3 is 18.8 Å². The lowest BCUT2D eigenvalue weighted by molar-refractivity contribution is -0.140. The molecule has 0 radical (unpaired) electrons. The topological polar surface area (TPSA) is 98.9 Å². The van der Waals surface area contributed by atoms with Crippen LogP contribution in [0.5, 0.6) is 5.75 Å². The molecule has 4 rings (SSSR count). The average molecular weight is 495 g/mol. The first-order valence-corrected chi connectivity index (χ1v) is 12.6. The summed E-state index contributed by atoms with van der Waals surface area (Å²) in [7, 11) is -0.849. The number of methoxy groups -OCH3 is 1. The van der Waals surface area contributed by atoms with Gasteiger partial charge in [0.2, 0.25) is 0 Å². The fraction of sp³-hybridized carbons (Fsp3) is 0.231. The van der Waals surface area contributed by atoms with Crippen LogP contribution in [-0.2, 0) is 25.8 Å². The number of likely N-dealkylation sites (N-methyl/N-ethyl adjacent to an activating group) is 1. The van der Waals surface area contributed by atoms with Crippen LogP contribution >= 0.6 is 0 Å².